The smallest absolute Gasteiger partial charge is 0.291 e. The fraction of sp³-hybridized carbons (Fsp3) is 0.500. The van der Waals surface area contributed by atoms with Crippen molar-refractivity contribution < 1.29 is 13.3 Å². The normalized spacial score (nSPS) is 20.3. The molecule has 0 spiro atoms. The minimum absolute atomic E-state index is 0.168. The zero-order valence-corrected chi connectivity index (χ0v) is 13.2. The molecule has 0 saturated carbocycles. The lowest BCUT2D eigenvalue weighted by atomic mass is 10.3. The van der Waals surface area contributed by atoms with Crippen LogP contribution in [0.4, 0.5) is 11.4 Å². The van der Waals surface area contributed by atoms with Crippen LogP contribution < -0.4 is 5.73 Å². The maximum atomic E-state index is 12.7. The van der Waals surface area contributed by atoms with Crippen LogP contribution in [0.15, 0.2) is 23.1 Å². The highest BCUT2D eigenvalue weighted by Crippen LogP contribution is 2.31. The quantitative estimate of drug-likeness (QED) is 0.511. The molecule has 1 aromatic rings. The first kappa shape index (κ1) is 16.1. The lowest BCUT2D eigenvalue weighted by molar-refractivity contribution is -0.387. The van der Waals surface area contributed by atoms with Crippen molar-refractivity contribution in [2.45, 2.75) is 23.5 Å². The highest BCUT2D eigenvalue weighted by atomic mass is 32.2. The summed E-state index contributed by atoms with van der Waals surface area (Å²) in [4.78, 5) is 10.1. The van der Waals surface area contributed by atoms with Gasteiger partial charge in [-0.3, -0.25) is 10.1 Å². The van der Waals surface area contributed by atoms with E-state index < -0.39 is 20.6 Å². The summed E-state index contributed by atoms with van der Waals surface area (Å²) in [5.74, 6) is 0.695. The van der Waals surface area contributed by atoms with Crippen LogP contribution in [-0.2, 0) is 10.0 Å². The largest absolute Gasteiger partial charge is 0.399 e. The van der Waals surface area contributed by atoms with Crippen LogP contribution in [0.2, 0.25) is 0 Å². The number of hydrogen-bond acceptors (Lipinski definition) is 6. The summed E-state index contributed by atoms with van der Waals surface area (Å²) < 4.78 is 26.6. The van der Waals surface area contributed by atoms with E-state index in [-0.39, 0.29) is 15.8 Å². The second-order valence-electron chi connectivity index (χ2n) is 4.75. The molecule has 1 fully saturated rings. The fourth-order valence-electron chi connectivity index (χ4n) is 2.19. The Bertz CT molecular complexity index is 648. The van der Waals surface area contributed by atoms with E-state index in [0.717, 1.165) is 12.5 Å². The van der Waals surface area contributed by atoms with E-state index in [9.17, 15) is 18.5 Å². The second kappa shape index (κ2) is 6.20. The molecule has 0 radical (unpaired) electrons. The molecule has 7 nitrogen and oxygen atoms in total. The number of sulfonamides is 1. The predicted octanol–water partition coefficient (Wildman–Crippen LogP) is 1.69. The number of hydrogen-bond donors (Lipinski definition) is 1. The standard InChI is InChI=1S/C12H17N3O4S2/c1-2-10-8-14(5-6-20-10)21(18,19)12-4-3-9(13)7-11(12)15(16)17/h3-4,7,10H,2,5-6,8,13H2,1H3. The van der Waals surface area contributed by atoms with Gasteiger partial charge in [-0.1, -0.05) is 6.92 Å². The number of nitrogen functional groups attached to an aromatic ring is 1. The Labute approximate surface area is 127 Å². The molecule has 1 saturated heterocycles. The molecule has 0 bridgehead atoms. The van der Waals surface area contributed by atoms with Crippen molar-refractivity contribution in [2.24, 2.45) is 0 Å². The van der Waals surface area contributed by atoms with Crippen molar-refractivity contribution in [3.63, 3.8) is 0 Å². The van der Waals surface area contributed by atoms with Gasteiger partial charge in [-0.25, -0.2) is 8.42 Å². The van der Waals surface area contributed by atoms with E-state index in [1.54, 1.807) is 11.8 Å². The molecule has 1 unspecified atom stereocenters. The number of nitro groups is 1. The Kier molecular flexibility index (Phi) is 4.74. The molecular formula is C12H17N3O4S2. The van der Waals surface area contributed by atoms with Crippen molar-refractivity contribution in [2.75, 3.05) is 24.6 Å². The molecule has 1 atom stereocenters. The molecular weight excluding hydrogens is 314 g/mol. The van der Waals surface area contributed by atoms with E-state index in [0.29, 0.717) is 18.8 Å². The highest BCUT2D eigenvalue weighted by Gasteiger charge is 2.34. The van der Waals surface area contributed by atoms with Gasteiger partial charge in [0.25, 0.3) is 5.69 Å². The molecule has 1 aromatic carbocycles. The van der Waals surface area contributed by atoms with Gasteiger partial charge in [-0.15, -0.1) is 0 Å². The van der Waals surface area contributed by atoms with Crippen molar-refractivity contribution >= 4 is 33.2 Å². The minimum Gasteiger partial charge on any atom is -0.399 e. The topological polar surface area (TPSA) is 107 Å². The summed E-state index contributed by atoms with van der Waals surface area (Å²) >= 11 is 1.73. The van der Waals surface area contributed by atoms with Gasteiger partial charge >= 0.3 is 0 Å². The monoisotopic (exact) mass is 331 g/mol. The lowest BCUT2D eigenvalue weighted by Crippen LogP contribution is -2.41. The van der Waals surface area contributed by atoms with E-state index in [2.05, 4.69) is 0 Å². The minimum atomic E-state index is -3.87. The van der Waals surface area contributed by atoms with Crippen molar-refractivity contribution in [1.29, 1.82) is 0 Å². The van der Waals surface area contributed by atoms with Gasteiger partial charge in [0.2, 0.25) is 10.0 Å². The van der Waals surface area contributed by atoms with Gasteiger partial charge in [0.05, 0.1) is 4.92 Å². The predicted molar refractivity (Wildman–Crippen MR) is 82.8 cm³/mol. The number of thioether (sulfide) groups is 1. The summed E-state index contributed by atoms with van der Waals surface area (Å²) in [5.41, 5.74) is 5.21. The maximum Gasteiger partial charge on any atom is 0.291 e. The van der Waals surface area contributed by atoms with Crippen LogP contribution in [0.3, 0.4) is 0 Å². The number of nitrogens with two attached hydrogens (primary N) is 1. The van der Waals surface area contributed by atoms with Crippen LogP contribution >= 0.6 is 11.8 Å². The van der Waals surface area contributed by atoms with Gasteiger partial charge < -0.3 is 5.73 Å². The van der Waals surface area contributed by atoms with Gasteiger partial charge in [-0.2, -0.15) is 16.1 Å². The molecule has 0 amide bonds. The van der Waals surface area contributed by atoms with Crippen molar-refractivity contribution in [1.82, 2.24) is 4.31 Å². The fourth-order valence-corrected chi connectivity index (χ4v) is 5.21. The Morgan fingerprint density at radius 2 is 2.24 bits per heavy atom. The molecule has 2 N–H and O–H groups in total. The van der Waals surface area contributed by atoms with Crippen LogP contribution in [0.5, 0.6) is 0 Å². The number of benzene rings is 1. The molecule has 0 aliphatic carbocycles. The Morgan fingerprint density at radius 3 is 2.86 bits per heavy atom. The maximum absolute atomic E-state index is 12.7. The Hall–Kier alpha value is -1.32. The number of nitrogens with zero attached hydrogens (tertiary/aromatic N) is 2. The third-order valence-corrected chi connectivity index (χ3v) is 6.64. The zero-order chi connectivity index (χ0) is 15.6. The van der Waals surface area contributed by atoms with Crippen LogP contribution in [-0.4, -0.2) is 41.7 Å². The zero-order valence-electron chi connectivity index (χ0n) is 11.6. The first-order chi connectivity index (χ1) is 9.86. The molecule has 1 aliphatic heterocycles. The average Bonchev–Trinajstić information content (AvgIpc) is 2.46. The summed E-state index contributed by atoms with van der Waals surface area (Å²) in [5, 5.41) is 11.3. The molecule has 21 heavy (non-hydrogen) atoms. The molecule has 9 heteroatoms. The first-order valence-electron chi connectivity index (χ1n) is 6.52. The summed E-state index contributed by atoms with van der Waals surface area (Å²) in [6.45, 7) is 2.75. The molecule has 2 rings (SSSR count). The molecule has 0 aromatic heterocycles. The first-order valence-corrected chi connectivity index (χ1v) is 9.00. The Balaban J connectivity index is 2.42. The van der Waals surface area contributed by atoms with Gasteiger partial charge in [0.15, 0.2) is 4.90 Å². The van der Waals surface area contributed by atoms with Gasteiger partial charge in [0, 0.05) is 35.8 Å². The molecule has 1 aliphatic rings. The number of rotatable bonds is 4. The Morgan fingerprint density at radius 1 is 1.52 bits per heavy atom. The SMILES string of the molecule is CCC1CN(S(=O)(=O)c2ccc(N)cc2[N+](=O)[O-])CCS1. The number of nitro benzene ring substituents is 1. The lowest BCUT2D eigenvalue weighted by Gasteiger charge is -2.30. The third-order valence-electron chi connectivity index (χ3n) is 3.35. The summed E-state index contributed by atoms with van der Waals surface area (Å²) in [6.07, 6.45) is 0.862. The van der Waals surface area contributed by atoms with Crippen molar-refractivity contribution in [3.8, 4) is 0 Å². The van der Waals surface area contributed by atoms with Crippen molar-refractivity contribution in [3.05, 3.63) is 28.3 Å². The van der Waals surface area contributed by atoms with Crippen LogP contribution in [0.1, 0.15) is 13.3 Å². The highest BCUT2D eigenvalue weighted by molar-refractivity contribution is 8.00. The van der Waals surface area contributed by atoms with E-state index in [1.165, 1.54) is 16.4 Å². The summed E-state index contributed by atoms with van der Waals surface area (Å²) in [6, 6.07) is 3.67. The third kappa shape index (κ3) is 3.30. The molecule has 116 valence electrons. The number of anilines is 1. The van der Waals surface area contributed by atoms with Gasteiger partial charge in [0.1, 0.15) is 0 Å². The second-order valence-corrected chi connectivity index (χ2v) is 8.06. The van der Waals surface area contributed by atoms with Gasteiger partial charge in [-0.05, 0) is 18.6 Å². The van der Waals surface area contributed by atoms with E-state index in [4.69, 9.17) is 5.73 Å². The molecule has 1 heterocycles. The van der Waals surface area contributed by atoms with Crippen LogP contribution in [0, 0.1) is 10.1 Å². The van der Waals surface area contributed by atoms with E-state index >= 15 is 0 Å². The van der Waals surface area contributed by atoms with E-state index in [1.807, 2.05) is 6.92 Å². The summed E-state index contributed by atoms with van der Waals surface area (Å²) in [7, 11) is -3.87. The van der Waals surface area contributed by atoms with Crippen LogP contribution in [0.25, 0.3) is 0 Å². The average molecular weight is 331 g/mol.